The minimum atomic E-state index is 0.491. The number of hydrogen-bond acceptors (Lipinski definition) is 1. The van der Waals surface area contributed by atoms with E-state index in [1.807, 2.05) is 0 Å². The van der Waals surface area contributed by atoms with Crippen molar-refractivity contribution in [3.63, 3.8) is 0 Å². The average Bonchev–Trinajstić information content (AvgIpc) is 2.80. The first-order valence-electron chi connectivity index (χ1n) is 7.51. The smallest absolute Gasteiger partial charge is 0.0355 e. The molecular formula is C19H23N. The van der Waals surface area contributed by atoms with Gasteiger partial charge in [0.2, 0.25) is 0 Å². The van der Waals surface area contributed by atoms with Crippen molar-refractivity contribution in [3.8, 4) is 0 Å². The molecule has 2 atom stereocenters. The summed E-state index contributed by atoms with van der Waals surface area (Å²) in [5.74, 6) is 0.664. The van der Waals surface area contributed by atoms with Gasteiger partial charge in [-0.25, -0.2) is 0 Å². The molecule has 1 N–H and O–H groups in total. The molecule has 0 spiro atoms. The number of rotatable bonds is 3. The van der Waals surface area contributed by atoms with Crippen LogP contribution in [0.5, 0.6) is 0 Å². The lowest BCUT2D eigenvalue weighted by atomic mass is 9.88. The summed E-state index contributed by atoms with van der Waals surface area (Å²) in [6.07, 6.45) is 2.36. The molecule has 0 saturated carbocycles. The van der Waals surface area contributed by atoms with Gasteiger partial charge in [0.25, 0.3) is 0 Å². The summed E-state index contributed by atoms with van der Waals surface area (Å²) in [7, 11) is 2.09. The van der Waals surface area contributed by atoms with Crippen LogP contribution >= 0.6 is 0 Å². The maximum atomic E-state index is 3.53. The van der Waals surface area contributed by atoms with E-state index in [1.165, 1.54) is 40.7 Å². The number of aryl methyl sites for hydroxylation is 2. The van der Waals surface area contributed by atoms with E-state index in [9.17, 15) is 0 Å². The summed E-state index contributed by atoms with van der Waals surface area (Å²) in [5, 5.41) is 3.53. The molecule has 0 aromatic heterocycles. The molecule has 1 aliphatic carbocycles. The van der Waals surface area contributed by atoms with Crippen LogP contribution in [0.4, 0.5) is 0 Å². The van der Waals surface area contributed by atoms with E-state index >= 15 is 0 Å². The molecular weight excluding hydrogens is 242 g/mol. The fraction of sp³-hybridized carbons (Fsp3) is 0.368. The molecule has 0 heterocycles. The highest BCUT2D eigenvalue weighted by atomic mass is 14.9. The quantitative estimate of drug-likeness (QED) is 0.885. The second-order valence-electron chi connectivity index (χ2n) is 6.00. The highest BCUT2D eigenvalue weighted by Crippen LogP contribution is 2.38. The molecule has 1 nitrogen and oxygen atoms in total. The van der Waals surface area contributed by atoms with Crippen molar-refractivity contribution in [2.45, 2.75) is 32.7 Å². The molecule has 1 heteroatoms. The zero-order valence-corrected chi connectivity index (χ0v) is 12.6. The Morgan fingerprint density at radius 1 is 1.00 bits per heavy atom. The lowest BCUT2D eigenvalue weighted by Gasteiger charge is -2.22. The zero-order chi connectivity index (χ0) is 14.1. The van der Waals surface area contributed by atoms with Crippen molar-refractivity contribution < 1.29 is 0 Å². The van der Waals surface area contributed by atoms with E-state index in [0.717, 1.165) is 0 Å². The lowest BCUT2D eigenvalue weighted by molar-refractivity contribution is 0.409. The Morgan fingerprint density at radius 3 is 2.40 bits per heavy atom. The van der Waals surface area contributed by atoms with Crippen molar-refractivity contribution in [2.75, 3.05) is 7.05 Å². The predicted octanol–water partition coefficient (Wildman–Crippen LogP) is 3.98. The van der Waals surface area contributed by atoms with Gasteiger partial charge in [0.1, 0.15) is 0 Å². The summed E-state index contributed by atoms with van der Waals surface area (Å²) in [4.78, 5) is 0. The van der Waals surface area contributed by atoms with Gasteiger partial charge in [-0.05, 0) is 67.5 Å². The Bertz CT molecular complexity index is 595. The summed E-state index contributed by atoms with van der Waals surface area (Å²) in [6.45, 7) is 4.47. The first kappa shape index (κ1) is 13.4. The van der Waals surface area contributed by atoms with Gasteiger partial charge in [0, 0.05) is 6.04 Å². The second-order valence-corrected chi connectivity index (χ2v) is 6.00. The predicted molar refractivity (Wildman–Crippen MR) is 85.1 cm³/mol. The molecule has 2 aromatic rings. The van der Waals surface area contributed by atoms with Crippen LogP contribution in [0.25, 0.3) is 0 Å². The summed E-state index contributed by atoms with van der Waals surface area (Å²) in [6, 6.07) is 16.0. The van der Waals surface area contributed by atoms with Crippen LogP contribution in [0, 0.1) is 19.8 Å². The van der Waals surface area contributed by atoms with Crippen LogP contribution in [-0.2, 0) is 12.8 Å². The van der Waals surface area contributed by atoms with Gasteiger partial charge in [-0.15, -0.1) is 0 Å². The molecule has 0 saturated heterocycles. The SMILES string of the molecule is CNC1c2ccccc2CC1Cc1c(C)cccc1C. The first-order valence-corrected chi connectivity index (χ1v) is 7.51. The van der Waals surface area contributed by atoms with Crippen LogP contribution in [0.15, 0.2) is 42.5 Å². The zero-order valence-electron chi connectivity index (χ0n) is 12.6. The molecule has 104 valence electrons. The van der Waals surface area contributed by atoms with Gasteiger partial charge >= 0.3 is 0 Å². The highest BCUT2D eigenvalue weighted by molar-refractivity contribution is 5.39. The molecule has 2 aromatic carbocycles. The molecule has 0 radical (unpaired) electrons. The molecule has 3 rings (SSSR count). The second kappa shape index (κ2) is 5.41. The van der Waals surface area contributed by atoms with Crippen LogP contribution in [0.3, 0.4) is 0 Å². The monoisotopic (exact) mass is 265 g/mol. The standard InChI is InChI=1S/C19H23N/c1-13-7-6-8-14(2)18(13)12-16-11-15-9-4-5-10-17(15)19(16)20-3/h4-10,16,19-20H,11-12H2,1-3H3. The fourth-order valence-corrected chi connectivity index (χ4v) is 3.69. The van der Waals surface area contributed by atoms with Gasteiger partial charge in [0.05, 0.1) is 0 Å². The lowest BCUT2D eigenvalue weighted by Crippen LogP contribution is -2.23. The molecule has 0 amide bonds. The number of nitrogens with one attached hydrogen (secondary N) is 1. The van der Waals surface area contributed by atoms with Crippen LogP contribution in [0.2, 0.25) is 0 Å². The van der Waals surface area contributed by atoms with E-state index in [1.54, 1.807) is 0 Å². The van der Waals surface area contributed by atoms with Gasteiger partial charge in [-0.3, -0.25) is 0 Å². The largest absolute Gasteiger partial charge is 0.313 e. The summed E-state index contributed by atoms with van der Waals surface area (Å²) in [5.41, 5.74) is 7.39. The number of hydrogen-bond donors (Lipinski definition) is 1. The van der Waals surface area contributed by atoms with E-state index < -0.39 is 0 Å². The Labute approximate surface area is 122 Å². The van der Waals surface area contributed by atoms with Crippen molar-refractivity contribution in [1.82, 2.24) is 5.32 Å². The third-order valence-corrected chi connectivity index (χ3v) is 4.77. The molecule has 1 aliphatic rings. The molecule has 0 aliphatic heterocycles. The third-order valence-electron chi connectivity index (χ3n) is 4.77. The minimum Gasteiger partial charge on any atom is -0.313 e. The topological polar surface area (TPSA) is 12.0 Å². The minimum absolute atomic E-state index is 0.491. The normalized spacial score (nSPS) is 20.9. The van der Waals surface area contributed by atoms with Crippen molar-refractivity contribution in [1.29, 1.82) is 0 Å². The number of benzene rings is 2. The highest BCUT2D eigenvalue weighted by Gasteiger charge is 2.31. The Hall–Kier alpha value is -1.60. The van der Waals surface area contributed by atoms with E-state index in [0.29, 0.717) is 12.0 Å². The Balaban J connectivity index is 1.90. The molecule has 20 heavy (non-hydrogen) atoms. The summed E-state index contributed by atoms with van der Waals surface area (Å²) < 4.78 is 0. The average molecular weight is 265 g/mol. The van der Waals surface area contributed by atoms with Gasteiger partial charge in [-0.1, -0.05) is 42.5 Å². The third kappa shape index (κ3) is 2.27. The maximum absolute atomic E-state index is 3.53. The molecule has 2 unspecified atom stereocenters. The van der Waals surface area contributed by atoms with E-state index in [2.05, 4.69) is 68.7 Å². The Kier molecular flexibility index (Phi) is 3.62. The van der Waals surface area contributed by atoms with Crippen molar-refractivity contribution in [2.24, 2.45) is 5.92 Å². The van der Waals surface area contributed by atoms with Crippen molar-refractivity contribution >= 4 is 0 Å². The Morgan fingerprint density at radius 2 is 1.70 bits per heavy atom. The summed E-state index contributed by atoms with van der Waals surface area (Å²) >= 11 is 0. The van der Waals surface area contributed by atoms with Crippen LogP contribution < -0.4 is 5.32 Å². The molecule has 0 bridgehead atoms. The van der Waals surface area contributed by atoms with Gasteiger partial charge < -0.3 is 5.32 Å². The molecule has 0 fully saturated rings. The van der Waals surface area contributed by atoms with E-state index in [4.69, 9.17) is 0 Å². The van der Waals surface area contributed by atoms with E-state index in [-0.39, 0.29) is 0 Å². The number of fused-ring (bicyclic) bond motifs is 1. The van der Waals surface area contributed by atoms with Gasteiger partial charge in [-0.2, -0.15) is 0 Å². The van der Waals surface area contributed by atoms with Crippen molar-refractivity contribution in [3.05, 3.63) is 70.3 Å². The fourth-order valence-electron chi connectivity index (χ4n) is 3.69. The first-order chi connectivity index (χ1) is 9.70. The maximum Gasteiger partial charge on any atom is 0.0355 e. The van der Waals surface area contributed by atoms with Gasteiger partial charge in [0.15, 0.2) is 0 Å². The van der Waals surface area contributed by atoms with Crippen LogP contribution in [-0.4, -0.2) is 7.05 Å². The van der Waals surface area contributed by atoms with Crippen LogP contribution in [0.1, 0.15) is 33.9 Å².